The quantitative estimate of drug-likeness (QED) is 0.0150. The number of pyridine rings is 2. The molecular formula is C70H79ClF4N4O8. The maximum atomic E-state index is 14.2. The first-order valence-corrected chi connectivity index (χ1v) is 29.3. The molecule has 6 aromatic carbocycles. The van der Waals surface area contributed by atoms with Crippen LogP contribution >= 0.6 is 12.4 Å². The van der Waals surface area contributed by atoms with Gasteiger partial charge >= 0.3 is 0 Å². The number of aromatic nitrogens is 2. The molecular weight excluding hydrogens is 1140 g/mol. The molecule has 87 heavy (non-hydrogen) atoms. The van der Waals surface area contributed by atoms with Crippen molar-refractivity contribution in [2.24, 2.45) is 0 Å². The Morgan fingerprint density at radius 1 is 0.529 bits per heavy atom. The third-order valence-electron chi connectivity index (χ3n) is 14.4. The van der Waals surface area contributed by atoms with Gasteiger partial charge in [-0.2, -0.15) is 17.6 Å². The SMILES string of the molecule is C=CCN(CCCCCCOCC(F)(F)c1ccccc1)CC(=O)c1ccc(OCc2ccccc2)c2[nH]c(=O)ccc12.C=CCN(CCCCCCOCC(F)(F)c1ccccc1)C[C@H](O)c1ccc(OCc2ccccc2)c2[nH]c(=O)ccc12.Cl. The van der Waals surface area contributed by atoms with Gasteiger partial charge in [-0.15, -0.1) is 25.6 Å². The van der Waals surface area contributed by atoms with Gasteiger partial charge in [0.2, 0.25) is 11.1 Å². The Kier molecular flexibility index (Phi) is 28.2. The number of halogens is 5. The summed E-state index contributed by atoms with van der Waals surface area (Å²) in [6.45, 7) is 10.9. The molecule has 0 saturated heterocycles. The van der Waals surface area contributed by atoms with Crippen LogP contribution in [0.15, 0.2) is 205 Å². The minimum atomic E-state index is -3.00. The van der Waals surface area contributed by atoms with Crippen LogP contribution in [0.25, 0.3) is 21.8 Å². The van der Waals surface area contributed by atoms with Gasteiger partial charge in [0.15, 0.2) is 5.78 Å². The Hall–Kier alpha value is -7.70. The zero-order valence-corrected chi connectivity index (χ0v) is 49.9. The molecule has 0 fully saturated rings. The summed E-state index contributed by atoms with van der Waals surface area (Å²) in [5.41, 5.74) is 3.67. The molecule has 0 radical (unpaired) electrons. The summed E-state index contributed by atoms with van der Waals surface area (Å²) < 4.78 is 79.4. The van der Waals surface area contributed by atoms with Gasteiger partial charge in [-0.1, -0.05) is 165 Å². The summed E-state index contributed by atoms with van der Waals surface area (Å²) in [5, 5.41) is 12.6. The van der Waals surface area contributed by atoms with Crippen molar-refractivity contribution in [1.82, 2.24) is 19.8 Å². The van der Waals surface area contributed by atoms with Crippen LogP contribution in [0.3, 0.4) is 0 Å². The smallest absolute Gasteiger partial charge is 0.296 e. The zero-order chi connectivity index (χ0) is 61.0. The van der Waals surface area contributed by atoms with Crippen molar-refractivity contribution < 1.29 is 46.4 Å². The molecule has 0 saturated carbocycles. The minimum Gasteiger partial charge on any atom is -0.487 e. The van der Waals surface area contributed by atoms with Crippen LogP contribution in [0.4, 0.5) is 17.6 Å². The summed E-state index contributed by atoms with van der Waals surface area (Å²) in [4.78, 5) is 47.6. The molecule has 0 aliphatic heterocycles. The zero-order valence-electron chi connectivity index (χ0n) is 49.1. The van der Waals surface area contributed by atoms with E-state index in [0.717, 1.165) is 61.6 Å². The predicted molar refractivity (Wildman–Crippen MR) is 340 cm³/mol. The van der Waals surface area contributed by atoms with E-state index in [4.69, 9.17) is 18.9 Å². The van der Waals surface area contributed by atoms with E-state index in [2.05, 4.69) is 28.0 Å². The lowest BCUT2D eigenvalue weighted by molar-refractivity contribution is -0.0833. The molecule has 0 amide bonds. The lowest BCUT2D eigenvalue weighted by Gasteiger charge is -2.25. The number of alkyl halides is 4. The summed E-state index contributed by atoms with van der Waals surface area (Å²) in [7, 11) is 0. The number of unbranched alkanes of at least 4 members (excludes halogenated alkanes) is 6. The van der Waals surface area contributed by atoms with Gasteiger partial charge in [-0.05, 0) is 85.8 Å². The number of hydrogen-bond donors (Lipinski definition) is 3. The third-order valence-corrected chi connectivity index (χ3v) is 14.4. The van der Waals surface area contributed by atoms with Crippen LogP contribution in [0.5, 0.6) is 11.5 Å². The molecule has 1 atom stereocenters. The van der Waals surface area contributed by atoms with Crippen molar-refractivity contribution in [2.45, 2.75) is 82.5 Å². The highest BCUT2D eigenvalue weighted by Gasteiger charge is 2.32. The van der Waals surface area contributed by atoms with Gasteiger partial charge in [0.25, 0.3) is 11.8 Å². The first-order valence-electron chi connectivity index (χ1n) is 29.3. The molecule has 8 aromatic rings. The molecule has 12 nitrogen and oxygen atoms in total. The second-order valence-corrected chi connectivity index (χ2v) is 21.1. The van der Waals surface area contributed by atoms with E-state index in [-0.39, 0.29) is 60.2 Å². The molecule has 0 spiro atoms. The number of ether oxygens (including phenoxy) is 4. The van der Waals surface area contributed by atoms with Crippen molar-refractivity contribution in [3.05, 3.63) is 249 Å². The normalized spacial score (nSPS) is 11.9. The molecule has 0 aliphatic carbocycles. The Morgan fingerprint density at radius 3 is 1.45 bits per heavy atom. The number of nitrogens with zero attached hydrogens (tertiary/aromatic N) is 2. The minimum absolute atomic E-state index is 0. The maximum Gasteiger partial charge on any atom is 0.296 e. The lowest BCUT2D eigenvalue weighted by Crippen LogP contribution is -2.31. The maximum absolute atomic E-state index is 14.2. The van der Waals surface area contributed by atoms with Crippen molar-refractivity contribution in [1.29, 1.82) is 0 Å². The molecule has 0 aliphatic rings. The Labute approximate surface area is 512 Å². The number of H-pyrrole nitrogens is 2. The Morgan fingerprint density at radius 2 is 0.954 bits per heavy atom. The third kappa shape index (κ3) is 21.9. The van der Waals surface area contributed by atoms with Crippen LogP contribution in [-0.2, 0) is 34.5 Å². The molecule has 17 heteroatoms. The van der Waals surface area contributed by atoms with E-state index in [0.29, 0.717) is 91.3 Å². The fourth-order valence-electron chi connectivity index (χ4n) is 9.92. The van der Waals surface area contributed by atoms with E-state index in [1.807, 2.05) is 77.7 Å². The van der Waals surface area contributed by atoms with Gasteiger partial charge in [0, 0.05) is 72.4 Å². The van der Waals surface area contributed by atoms with E-state index in [9.17, 15) is 37.1 Å². The molecule has 2 heterocycles. The van der Waals surface area contributed by atoms with E-state index in [1.54, 1.807) is 72.8 Å². The highest BCUT2D eigenvalue weighted by molar-refractivity contribution is 6.09. The van der Waals surface area contributed by atoms with E-state index >= 15 is 0 Å². The number of fused-ring (bicyclic) bond motifs is 2. The topological polar surface area (TPSA) is 146 Å². The fraction of sp³-hybridized carbons (Fsp3) is 0.329. The number of aromatic amines is 2. The summed E-state index contributed by atoms with van der Waals surface area (Å²) in [6, 6.07) is 48.3. The van der Waals surface area contributed by atoms with Gasteiger partial charge in [0.05, 0.1) is 23.7 Å². The second kappa shape index (κ2) is 35.8. The average Bonchev–Trinajstić information content (AvgIpc) is 1.93. The average molecular weight is 1220 g/mol. The number of benzene rings is 6. The summed E-state index contributed by atoms with van der Waals surface area (Å²) in [6.07, 6.45) is 9.43. The van der Waals surface area contributed by atoms with Crippen LogP contribution in [-0.4, -0.2) is 96.4 Å². The highest BCUT2D eigenvalue weighted by Crippen LogP contribution is 2.33. The monoisotopic (exact) mass is 1210 g/mol. The van der Waals surface area contributed by atoms with Crippen molar-refractivity contribution in [3.63, 3.8) is 0 Å². The fourth-order valence-corrected chi connectivity index (χ4v) is 9.92. The number of hydrogen-bond acceptors (Lipinski definition) is 10. The van der Waals surface area contributed by atoms with Gasteiger partial charge in [-0.25, -0.2) is 0 Å². The van der Waals surface area contributed by atoms with Crippen LogP contribution in [0, 0.1) is 0 Å². The van der Waals surface area contributed by atoms with Crippen LogP contribution in [0.1, 0.15) is 95.6 Å². The summed E-state index contributed by atoms with van der Waals surface area (Å²) >= 11 is 0. The summed E-state index contributed by atoms with van der Waals surface area (Å²) in [5.74, 6) is -5.02. The Bertz CT molecular complexity index is 3470. The molecule has 3 N–H and O–H groups in total. The molecule has 0 bridgehead atoms. The van der Waals surface area contributed by atoms with Gasteiger partial charge in [-0.3, -0.25) is 24.2 Å². The van der Waals surface area contributed by atoms with Crippen molar-refractivity contribution >= 4 is 40.0 Å². The lowest BCUT2D eigenvalue weighted by atomic mass is 10.0. The largest absolute Gasteiger partial charge is 0.487 e. The number of nitrogens with one attached hydrogen (secondary N) is 2. The first-order chi connectivity index (χ1) is 41.7. The molecule has 2 aromatic heterocycles. The van der Waals surface area contributed by atoms with Crippen molar-refractivity contribution in [3.8, 4) is 11.5 Å². The number of Topliss-reactive ketones (excluding diaryl/α,β-unsaturated/α-hetero) is 1. The number of carbonyl (C=O) groups is 1. The second-order valence-electron chi connectivity index (χ2n) is 21.1. The molecule has 8 rings (SSSR count). The predicted octanol–water partition coefficient (Wildman–Crippen LogP) is 14.6. The first kappa shape index (κ1) is 68.4. The standard InChI is InChI=1S/C35H40F2N2O4.C35H38F2N2O4.ClH/c2*1-2-21-39(22-11-3-4-12-23-42-26-35(36,37)28-15-9-6-10-16-28)24-31(40)29-17-19-32(34-30(29)18-20-33(41)38-34)43-25-27-13-7-5-8-14-27;/h2,5-10,13-20,31,40H,1,3-4,11-12,21-26H2,(H,38,41);2,5-10,13-20H,1,3-4,11-12,21-26H2,(H,38,41);1H/t31-;;/m0../s1. The van der Waals surface area contributed by atoms with Crippen LogP contribution in [0.2, 0.25) is 0 Å². The molecule has 0 unspecified atom stereocenters. The number of aliphatic hydroxyl groups excluding tert-OH is 1. The van der Waals surface area contributed by atoms with Gasteiger partial charge < -0.3 is 34.0 Å². The molecule has 462 valence electrons. The highest BCUT2D eigenvalue weighted by atomic mass is 35.5. The number of rotatable bonds is 36. The van der Waals surface area contributed by atoms with Gasteiger partial charge in [0.1, 0.15) is 37.9 Å². The number of aliphatic hydroxyl groups is 1. The van der Waals surface area contributed by atoms with Crippen molar-refractivity contribution in [2.75, 3.05) is 65.7 Å². The Balaban J connectivity index is 0.000000275. The van der Waals surface area contributed by atoms with E-state index < -0.39 is 31.2 Å². The number of carbonyl (C=O) groups excluding carboxylic acids is 1. The van der Waals surface area contributed by atoms with Crippen LogP contribution < -0.4 is 20.6 Å². The van der Waals surface area contributed by atoms with E-state index in [1.165, 1.54) is 36.4 Å². The number of ketones is 1.